The Morgan fingerprint density at radius 1 is 1.19 bits per heavy atom. The Balaban J connectivity index is 0.00000338. The van der Waals surface area contributed by atoms with Crippen molar-refractivity contribution in [2.24, 2.45) is 10.7 Å². The van der Waals surface area contributed by atoms with E-state index < -0.39 is 5.60 Å². The van der Waals surface area contributed by atoms with Gasteiger partial charge in [0.15, 0.2) is 17.5 Å². The maximum Gasteiger partial charge on any atom is 0.193 e. The molecule has 0 saturated carbocycles. The van der Waals surface area contributed by atoms with E-state index in [4.69, 9.17) is 26.8 Å². The number of rotatable bonds is 6. The van der Waals surface area contributed by atoms with Crippen LogP contribution in [0.2, 0.25) is 5.02 Å². The summed E-state index contributed by atoms with van der Waals surface area (Å²) in [5.74, 6) is 1.35. The number of aliphatic hydroxyl groups is 1. The first-order valence-corrected chi connectivity index (χ1v) is 8.01. The summed E-state index contributed by atoms with van der Waals surface area (Å²) < 4.78 is 10.4. The third-order valence-corrected chi connectivity index (χ3v) is 4.00. The summed E-state index contributed by atoms with van der Waals surface area (Å²) in [5.41, 5.74) is 5.97. The maximum absolute atomic E-state index is 10.6. The van der Waals surface area contributed by atoms with E-state index in [2.05, 4.69) is 10.3 Å². The molecule has 0 radical (unpaired) electrons. The topological polar surface area (TPSA) is 89.1 Å². The molecule has 0 saturated heterocycles. The zero-order valence-electron chi connectivity index (χ0n) is 14.8. The molecule has 0 aliphatic rings. The van der Waals surface area contributed by atoms with Crippen molar-refractivity contribution in [1.29, 1.82) is 0 Å². The van der Waals surface area contributed by atoms with Crippen molar-refractivity contribution in [1.82, 2.24) is 0 Å². The number of methoxy groups -OCH3 is 2. The first-order valence-electron chi connectivity index (χ1n) is 7.63. The van der Waals surface area contributed by atoms with Gasteiger partial charge in [-0.1, -0.05) is 29.8 Å². The zero-order chi connectivity index (χ0) is 18.4. The van der Waals surface area contributed by atoms with Gasteiger partial charge in [-0.2, -0.15) is 0 Å². The van der Waals surface area contributed by atoms with E-state index in [1.54, 1.807) is 57.5 Å². The quantitative estimate of drug-likeness (QED) is 0.326. The Labute approximate surface area is 175 Å². The SMILES string of the molecule is COc1ccc(NC(N)=NCC(C)(O)c2ccccc2Cl)cc1OC.I. The van der Waals surface area contributed by atoms with Gasteiger partial charge in [-0.25, -0.2) is 4.99 Å². The number of hydrogen-bond donors (Lipinski definition) is 3. The smallest absolute Gasteiger partial charge is 0.193 e. The van der Waals surface area contributed by atoms with Gasteiger partial charge in [0, 0.05) is 22.3 Å². The molecule has 2 aromatic carbocycles. The van der Waals surface area contributed by atoms with Gasteiger partial charge in [0.05, 0.1) is 20.8 Å². The molecule has 0 aliphatic heterocycles. The number of ether oxygens (including phenoxy) is 2. The summed E-state index contributed by atoms with van der Waals surface area (Å²) in [6, 6.07) is 12.4. The fourth-order valence-corrected chi connectivity index (χ4v) is 2.66. The van der Waals surface area contributed by atoms with Gasteiger partial charge in [0.1, 0.15) is 5.60 Å². The van der Waals surface area contributed by atoms with Crippen molar-refractivity contribution >= 4 is 47.2 Å². The van der Waals surface area contributed by atoms with Gasteiger partial charge in [-0.05, 0) is 25.1 Å². The minimum absolute atomic E-state index is 0. The van der Waals surface area contributed by atoms with E-state index in [9.17, 15) is 5.11 Å². The molecule has 26 heavy (non-hydrogen) atoms. The summed E-state index contributed by atoms with van der Waals surface area (Å²) in [4.78, 5) is 4.21. The number of benzene rings is 2. The van der Waals surface area contributed by atoms with E-state index in [0.29, 0.717) is 27.8 Å². The molecule has 0 heterocycles. The molecule has 1 unspecified atom stereocenters. The third kappa shape index (κ3) is 5.65. The van der Waals surface area contributed by atoms with Crippen LogP contribution in [-0.4, -0.2) is 31.8 Å². The molecule has 2 aromatic rings. The van der Waals surface area contributed by atoms with Crippen molar-refractivity contribution in [3.05, 3.63) is 53.1 Å². The molecule has 2 rings (SSSR count). The van der Waals surface area contributed by atoms with Crippen LogP contribution in [0, 0.1) is 0 Å². The van der Waals surface area contributed by atoms with Gasteiger partial charge in [0.25, 0.3) is 0 Å². The summed E-state index contributed by atoms with van der Waals surface area (Å²) in [6.45, 7) is 1.70. The Morgan fingerprint density at radius 3 is 2.46 bits per heavy atom. The van der Waals surface area contributed by atoms with Crippen LogP contribution >= 0.6 is 35.6 Å². The minimum Gasteiger partial charge on any atom is -0.493 e. The second-order valence-electron chi connectivity index (χ2n) is 5.65. The van der Waals surface area contributed by atoms with Gasteiger partial charge < -0.3 is 25.6 Å². The number of nitrogens with zero attached hydrogens (tertiary/aromatic N) is 1. The number of hydrogen-bond acceptors (Lipinski definition) is 4. The van der Waals surface area contributed by atoms with Crippen LogP contribution in [0.1, 0.15) is 12.5 Å². The molecule has 0 bridgehead atoms. The highest BCUT2D eigenvalue weighted by molar-refractivity contribution is 14.0. The van der Waals surface area contributed by atoms with Crippen molar-refractivity contribution in [2.75, 3.05) is 26.1 Å². The molecule has 0 aliphatic carbocycles. The van der Waals surface area contributed by atoms with Crippen LogP contribution in [0.3, 0.4) is 0 Å². The summed E-state index contributed by atoms with van der Waals surface area (Å²) >= 11 is 6.13. The molecule has 8 heteroatoms. The number of halogens is 2. The molecule has 4 N–H and O–H groups in total. The molecular weight excluding hydrogens is 469 g/mol. The third-order valence-electron chi connectivity index (χ3n) is 3.67. The zero-order valence-corrected chi connectivity index (χ0v) is 17.9. The second-order valence-corrected chi connectivity index (χ2v) is 6.06. The number of guanidine groups is 1. The van der Waals surface area contributed by atoms with Crippen LogP contribution in [0.4, 0.5) is 5.69 Å². The average Bonchev–Trinajstić information content (AvgIpc) is 2.60. The van der Waals surface area contributed by atoms with Crippen molar-refractivity contribution in [3.63, 3.8) is 0 Å². The lowest BCUT2D eigenvalue weighted by molar-refractivity contribution is 0.0675. The minimum atomic E-state index is -1.23. The lowest BCUT2D eigenvalue weighted by Gasteiger charge is -2.23. The fraction of sp³-hybridized carbons (Fsp3) is 0.278. The second kappa shape index (κ2) is 9.84. The van der Waals surface area contributed by atoms with Gasteiger partial charge in [-0.15, -0.1) is 24.0 Å². The summed E-state index contributed by atoms with van der Waals surface area (Å²) in [5, 5.41) is 14.1. The Kier molecular flexibility index (Phi) is 8.45. The first-order chi connectivity index (χ1) is 11.9. The van der Waals surface area contributed by atoms with Gasteiger partial charge >= 0.3 is 0 Å². The Bertz CT molecular complexity index is 769. The molecule has 0 aromatic heterocycles. The molecule has 6 nitrogen and oxygen atoms in total. The van der Waals surface area contributed by atoms with Crippen molar-refractivity contribution < 1.29 is 14.6 Å². The fourth-order valence-electron chi connectivity index (χ4n) is 2.32. The Hall–Kier alpha value is -1.71. The van der Waals surface area contributed by atoms with E-state index >= 15 is 0 Å². The average molecular weight is 492 g/mol. The van der Waals surface area contributed by atoms with Crippen LogP contribution in [0.15, 0.2) is 47.5 Å². The van der Waals surface area contributed by atoms with Crippen LogP contribution < -0.4 is 20.5 Å². The monoisotopic (exact) mass is 491 g/mol. The number of nitrogens with two attached hydrogens (primary N) is 1. The molecule has 0 amide bonds. The summed E-state index contributed by atoms with van der Waals surface area (Å²) in [7, 11) is 3.12. The summed E-state index contributed by atoms with van der Waals surface area (Å²) in [6.07, 6.45) is 0. The lowest BCUT2D eigenvalue weighted by Crippen LogP contribution is -2.30. The standard InChI is InChI=1S/C18H22ClN3O3.HI/c1-18(23,13-6-4-5-7-14(13)19)11-21-17(20)22-12-8-9-15(24-2)16(10-12)25-3;/h4-10,23H,11H2,1-3H3,(H3,20,21,22);1H. The van der Waals surface area contributed by atoms with Crippen LogP contribution in [-0.2, 0) is 5.60 Å². The first kappa shape index (κ1) is 22.3. The molecule has 0 spiro atoms. The molecule has 1 atom stereocenters. The highest BCUT2D eigenvalue weighted by Crippen LogP contribution is 2.30. The largest absolute Gasteiger partial charge is 0.493 e. The number of nitrogens with one attached hydrogen (secondary N) is 1. The normalized spacial score (nSPS) is 13.3. The van der Waals surface area contributed by atoms with Crippen LogP contribution in [0.25, 0.3) is 0 Å². The van der Waals surface area contributed by atoms with Crippen molar-refractivity contribution in [3.8, 4) is 11.5 Å². The van der Waals surface area contributed by atoms with Gasteiger partial charge in [-0.3, -0.25) is 0 Å². The van der Waals surface area contributed by atoms with E-state index in [1.807, 2.05) is 6.07 Å². The van der Waals surface area contributed by atoms with Crippen molar-refractivity contribution in [2.45, 2.75) is 12.5 Å². The lowest BCUT2D eigenvalue weighted by atomic mass is 9.96. The highest BCUT2D eigenvalue weighted by atomic mass is 127. The maximum atomic E-state index is 10.6. The number of anilines is 1. The highest BCUT2D eigenvalue weighted by Gasteiger charge is 2.25. The predicted octanol–water partition coefficient (Wildman–Crippen LogP) is 3.61. The number of aliphatic imine (C=N–C) groups is 1. The van der Waals surface area contributed by atoms with Crippen LogP contribution in [0.5, 0.6) is 11.5 Å². The van der Waals surface area contributed by atoms with E-state index in [1.165, 1.54) is 0 Å². The van der Waals surface area contributed by atoms with Gasteiger partial charge in [0.2, 0.25) is 0 Å². The molecule has 0 fully saturated rings. The predicted molar refractivity (Wildman–Crippen MR) is 116 cm³/mol. The van der Waals surface area contributed by atoms with E-state index in [-0.39, 0.29) is 36.5 Å². The Morgan fingerprint density at radius 2 is 1.85 bits per heavy atom. The molecular formula is C18H23ClIN3O3. The molecule has 142 valence electrons. The van der Waals surface area contributed by atoms with E-state index in [0.717, 1.165) is 0 Å².